The minimum absolute atomic E-state index is 0.204. The molecule has 6 nitrogen and oxygen atoms in total. The van der Waals surface area contributed by atoms with E-state index in [0.29, 0.717) is 18.1 Å². The van der Waals surface area contributed by atoms with Gasteiger partial charge in [0.05, 0.1) is 26.4 Å². The first-order valence-corrected chi connectivity index (χ1v) is 5.74. The number of ether oxygens (including phenoxy) is 3. The van der Waals surface area contributed by atoms with E-state index in [4.69, 9.17) is 25.1 Å². The van der Waals surface area contributed by atoms with E-state index in [-0.39, 0.29) is 6.42 Å². The Morgan fingerprint density at radius 3 is 2.16 bits per heavy atom. The molecule has 0 spiro atoms. The average molecular weight is 269 g/mol. The van der Waals surface area contributed by atoms with Crippen LogP contribution in [0.2, 0.25) is 0 Å². The molecule has 0 saturated carbocycles. The van der Waals surface area contributed by atoms with Gasteiger partial charge in [0.15, 0.2) is 0 Å². The molecule has 0 aliphatic carbocycles. The molecule has 1 aromatic carbocycles. The molecule has 1 aromatic rings. The zero-order valence-corrected chi connectivity index (χ0v) is 11.3. The second-order valence-corrected chi connectivity index (χ2v) is 4.06. The van der Waals surface area contributed by atoms with Gasteiger partial charge in [-0.3, -0.25) is 4.79 Å². The third kappa shape index (κ3) is 3.84. The van der Waals surface area contributed by atoms with Crippen LogP contribution in [0.5, 0.6) is 11.5 Å². The van der Waals surface area contributed by atoms with Crippen LogP contribution in [0.1, 0.15) is 11.1 Å². The Labute approximate surface area is 112 Å². The summed E-state index contributed by atoms with van der Waals surface area (Å²) >= 11 is 0. The highest BCUT2D eigenvalue weighted by Gasteiger charge is 2.17. The third-order valence-corrected chi connectivity index (χ3v) is 2.73. The number of nitrogens with two attached hydrogens (primary N) is 1. The minimum Gasteiger partial charge on any atom is -0.496 e. The maximum atomic E-state index is 10.8. The fourth-order valence-corrected chi connectivity index (χ4v) is 1.78. The molecule has 106 valence electrons. The van der Waals surface area contributed by atoms with Crippen LogP contribution >= 0.6 is 0 Å². The standard InChI is InChI=1S/C13H19NO5/c1-17-7-9-11(18-2)5-8(6-12(9)19-3)4-10(14)13(15)16/h5-6,10H,4,7,14H2,1-3H3,(H,15,16). The molecule has 19 heavy (non-hydrogen) atoms. The SMILES string of the molecule is COCc1c(OC)cc(CC(N)C(=O)O)cc1OC. The molecule has 0 aromatic heterocycles. The molecular weight excluding hydrogens is 250 g/mol. The summed E-state index contributed by atoms with van der Waals surface area (Å²) in [6.07, 6.45) is 0.204. The summed E-state index contributed by atoms with van der Waals surface area (Å²) in [5, 5.41) is 8.83. The molecular formula is C13H19NO5. The molecule has 3 N–H and O–H groups in total. The molecule has 0 radical (unpaired) electrons. The van der Waals surface area contributed by atoms with E-state index in [1.807, 2.05) is 0 Å². The van der Waals surface area contributed by atoms with Crippen molar-refractivity contribution in [2.45, 2.75) is 19.1 Å². The van der Waals surface area contributed by atoms with Crippen molar-refractivity contribution in [3.8, 4) is 11.5 Å². The fraction of sp³-hybridized carbons (Fsp3) is 0.462. The van der Waals surface area contributed by atoms with Gasteiger partial charge in [-0.1, -0.05) is 0 Å². The third-order valence-electron chi connectivity index (χ3n) is 2.73. The monoisotopic (exact) mass is 269 g/mol. The fourth-order valence-electron chi connectivity index (χ4n) is 1.78. The van der Waals surface area contributed by atoms with Gasteiger partial charge >= 0.3 is 5.97 Å². The van der Waals surface area contributed by atoms with Crippen molar-refractivity contribution in [2.75, 3.05) is 21.3 Å². The van der Waals surface area contributed by atoms with Crippen LogP contribution < -0.4 is 15.2 Å². The van der Waals surface area contributed by atoms with Gasteiger partial charge in [0.1, 0.15) is 17.5 Å². The predicted molar refractivity (Wildman–Crippen MR) is 69.6 cm³/mol. The summed E-state index contributed by atoms with van der Waals surface area (Å²) < 4.78 is 15.6. The van der Waals surface area contributed by atoms with E-state index in [2.05, 4.69) is 0 Å². The number of rotatable bonds is 7. The van der Waals surface area contributed by atoms with Crippen molar-refractivity contribution in [1.82, 2.24) is 0 Å². The molecule has 0 bridgehead atoms. The smallest absolute Gasteiger partial charge is 0.320 e. The number of carboxylic acid groups (broad SMARTS) is 1. The van der Waals surface area contributed by atoms with Gasteiger partial charge < -0.3 is 25.1 Å². The number of carbonyl (C=O) groups is 1. The Bertz CT molecular complexity index is 422. The summed E-state index contributed by atoms with van der Waals surface area (Å²) in [6, 6.07) is 2.54. The zero-order chi connectivity index (χ0) is 14.4. The highest BCUT2D eigenvalue weighted by atomic mass is 16.5. The Kier molecular flexibility index (Phi) is 5.59. The van der Waals surface area contributed by atoms with Gasteiger partial charge in [-0.05, 0) is 24.1 Å². The number of carboxylic acids is 1. The van der Waals surface area contributed by atoms with Gasteiger partial charge in [0, 0.05) is 7.11 Å². The molecule has 1 rings (SSSR count). The first-order valence-electron chi connectivity index (χ1n) is 5.74. The van der Waals surface area contributed by atoms with Crippen LogP contribution in [-0.4, -0.2) is 38.4 Å². The molecule has 0 amide bonds. The van der Waals surface area contributed by atoms with E-state index in [9.17, 15) is 4.79 Å². The molecule has 1 unspecified atom stereocenters. The highest BCUT2D eigenvalue weighted by molar-refractivity contribution is 5.73. The molecule has 6 heteroatoms. The quantitative estimate of drug-likeness (QED) is 0.761. The van der Waals surface area contributed by atoms with Crippen LogP contribution in [0, 0.1) is 0 Å². The lowest BCUT2D eigenvalue weighted by molar-refractivity contribution is -0.138. The van der Waals surface area contributed by atoms with Crippen molar-refractivity contribution < 1.29 is 24.1 Å². The van der Waals surface area contributed by atoms with Gasteiger partial charge in [-0.2, -0.15) is 0 Å². The molecule has 0 saturated heterocycles. The topological polar surface area (TPSA) is 91.0 Å². The maximum absolute atomic E-state index is 10.8. The van der Waals surface area contributed by atoms with Crippen molar-refractivity contribution >= 4 is 5.97 Å². The van der Waals surface area contributed by atoms with Crippen LogP contribution in [0.15, 0.2) is 12.1 Å². The number of methoxy groups -OCH3 is 3. The van der Waals surface area contributed by atoms with E-state index in [0.717, 1.165) is 11.1 Å². The van der Waals surface area contributed by atoms with Crippen molar-refractivity contribution in [3.63, 3.8) is 0 Å². The number of hydrogen-bond acceptors (Lipinski definition) is 5. The predicted octanol–water partition coefficient (Wildman–Crippen LogP) is 0.805. The van der Waals surface area contributed by atoms with Gasteiger partial charge in [-0.15, -0.1) is 0 Å². The van der Waals surface area contributed by atoms with E-state index >= 15 is 0 Å². The van der Waals surface area contributed by atoms with Crippen LogP contribution in [0.3, 0.4) is 0 Å². The Hall–Kier alpha value is -1.79. The number of hydrogen-bond donors (Lipinski definition) is 2. The Balaban J connectivity index is 3.11. The molecule has 0 fully saturated rings. The summed E-state index contributed by atoms with van der Waals surface area (Å²) in [5.74, 6) is 0.140. The van der Waals surface area contributed by atoms with Crippen LogP contribution in [0.4, 0.5) is 0 Å². The lowest BCUT2D eigenvalue weighted by Gasteiger charge is -2.15. The number of aliphatic carboxylic acids is 1. The Morgan fingerprint density at radius 1 is 1.26 bits per heavy atom. The minimum atomic E-state index is -1.04. The molecule has 0 heterocycles. The van der Waals surface area contributed by atoms with Gasteiger partial charge in [-0.25, -0.2) is 0 Å². The first-order chi connectivity index (χ1) is 9.03. The van der Waals surface area contributed by atoms with E-state index in [1.165, 1.54) is 14.2 Å². The average Bonchev–Trinajstić information content (AvgIpc) is 2.39. The molecule has 0 aliphatic rings. The number of benzene rings is 1. The van der Waals surface area contributed by atoms with Crippen LogP contribution in [-0.2, 0) is 22.6 Å². The second kappa shape index (κ2) is 6.96. The van der Waals surface area contributed by atoms with Crippen LogP contribution in [0.25, 0.3) is 0 Å². The second-order valence-electron chi connectivity index (χ2n) is 4.06. The Morgan fingerprint density at radius 2 is 1.79 bits per heavy atom. The summed E-state index contributed by atoms with van der Waals surface area (Å²) in [4.78, 5) is 10.8. The first kappa shape index (κ1) is 15.3. The summed E-state index contributed by atoms with van der Waals surface area (Å²) in [7, 11) is 4.65. The lowest BCUT2D eigenvalue weighted by Crippen LogP contribution is -2.32. The highest BCUT2D eigenvalue weighted by Crippen LogP contribution is 2.31. The zero-order valence-electron chi connectivity index (χ0n) is 11.3. The van der Waals surface area contributed by atoms with Crippen molar-refractivity contribution in [2.24, 2.45) is 5.73 Å². The van der Waals surface area contributed by atoms with Gasteiger partial charge in [0.25, 0.3) is 0 Å². The molecule has 1 atom stereocenters. The van der Waals surface area contributed by atoms with Crippen molar-refractivity contribution in [1.29, 1.82) is 0 Å². The van der Waals surface area contributed by atoms with E-state index in [1.54, 1.807) is 19.2 Å². The summed E-state index contributed by atoms with van der Waals surface area (Å²) in [6.45, 7) is 0.345. The normalized spacial score (nSPS) is 12.0. The largest absolute Gasteiger partial charge is 0.496 e. The lowest BCUT2D eigenvalue weighted by atomic mass is 10.0. The van der Waals surface area contributed by atoms with Gasteiger partial charge in [0.2, 0.25) is 0 Å². The maximum Gasteiger partial charge on any atom is 0.320 e. The summed E-state index contributed by atoms with van der Waals surface area (Å²) in [5.41, 5.74) is 7.04. The molecule has 0 aliphatic heterocycles. The van der Waals surface area contributed by atoms with E-state index < -0.39 is 12.0 Å². The van der Waals surface area contributed by atoms with Crippen molar-refractivity contribution in [3.05, 3.63) is 23.3 Å².